The van der Waals surface area contributed by atoms with E-state index in [0.717, 1.165) is 26.2 Å². The van der Waals surface area contributed by atoms with Crippen molar-refractivity contribution < 1.29 is 27.2 Å². The molecule has 0 bridgehead atoms. The van der Waals surface area contributed by atoms with Gasteiger partial charge in [-0.2, -0.15) is 4.31 Å². The molecule has 2 aliphatic heterocycles. The summed E-state index contributed by atoms with van der Waals surface area (Å²) in [6.07, 6.45) is 0.960. The monoisotopic (exact) mass is 441 g/mol. The first kappa shape index (κ1) is 22.8. The first-order valence-electron chi connectivity index (χ1n) is 10.5. The molecular formula is C20H31N3O6S. The number of rotatable bonds is 6. The maximum absolute atomic E-state index is 12.9. The molecule has 0 atom stereocenters. The molecule has 0 saturated carbocycles. The van der Waals surface area contributed by atoms with Gasteiger partial charge in [0.15, 0.2) is 0 Å². The summed E-state index contributed by atoms with van der Waals surface area (Å²) in [7, 11) is -3.85. The summed E-state index contributed by atoms with van der Waals surface area (Å²) < 4.78 is 37.1. The molecule has 2 fully saturated rings. The molecule has 30 heavy (non-hydrogen) atoms. The van der Waals surface area contributed by atoms with Gasteiger partial charge in [-0.3, -0.25) is 9.69 Å². The van der Waals surface area contributed by atoms with Crippen molar-refractivity contribution in [2.75, 3.05) is 45.9 Å². The number of nitrogens with zero attached hydrogens (tertiary/aromatic N) is 3. The SMILES string of the molecule is CCOC(=O)c1ccc(S(=O)(=O)N2CCC(C(=O)N3CCN(C(C)C)CC3)CC2)o1. The molecule has 9 nitrogen and oxygen atoms in total. The Labute approximate surface area is 178 Å². The molecule has 0 unspecified atom stereocenters. The molecule has 2 saturated heterocycles. The first-order chi connectivity index (χ1) is 14.2. The Balaban J connectivity index is 1.56. The summed E-state index contributed by atoms with van der Waals surface area (Å²) in [6, 6.07) is 3.05. The third-order valence-electron chi connectivity index (χ3n) is 5.81. The maximum atomic E-state index is 12.9. The van der Waals surface area contributed by atoms with Crippen LogP contribution in [0.4, 0.5) is 0 Å². The quantitative estimate of drug-likeness (QED) is 0.615. The van der Waals surface area contributed by atoms with Crippen molar-refractivity contribution in [1.29, 1.82) is 0 Å². The Morgan fingerprint density at radius 2 is 1.73 bits per heavy atom. The molecule has 168 valence electrons. The second-order valence-corrected chi connectivity index (χ2v) is 9.84. The summed E-state index contributed by atoms with van der Waals surface area (Å²) in [5.74, 6) is -0.867. The van der Waals surface area contributed by atoms with Gasteiger partial charge in [0, 0.05) is 51.2 Å². The number of sulfonamides is 1. The predicted molar refractivity (Wildman–Crippen MR) is 109 cm³/mol. The van der Waals surface area contributed by atoms with Crippen LogP contribution in [0.25, 0.3) is 0 Å². The first-order valence-corrected chi connectivity index (χ1v) is 12.0. The third-order valence-corrected chi connectivity index (χ3v) is 7.58. The Kier molecular flexibility index (Phi) is 7.20. The zero-order valence-corrected chi connectivity index (χ0v) is 18.7. The van der Waals surface area contributed by atoms with Gasteiger partial charge >= 0.3 is 5.97 Å². The Bertz CT molecular complexity index is 850. The maximum Gasteiger partial charge on any atom is 0.374 e. The van der Waals surface area contributed by atoms with E-state index in [-0.39, 0.29) is 42.4 Å². The summed E-state index contributed by atoms with van der Waals surface area (Å²) >= 11 is 0. The molecule has 1 aromatic rings. The highest BCUT2D eigenvalue weighted by Crippen LogP contribution is 2.27. The molecule has 10 heteroatoms. The molecule has 0 radical (unpaired) electrons. The fourth-order valence-corrected chi connectivity index (χ4v) is 5.34. The van der Waals surface area contributed by atoms with Gasteiger partial charge in [-0.15, -0.1) is 0 Å². The van der Waals surface area contributed by atoms with Crippen LogP contribution in [-0.4, -0.2) is 86.3 Å². The number of hydrogen-bond donors (Lipinski definition) is 0. The van der Waals surface area contributed by atoms with Gasteiger partial charge in [-0.05, 0) is 45.7 Å². The van der Waals surface area contributed by atoms with E-state index in [2.05, 4.69) is 18.7 Å². The highest BCUT2D eigenvalue weighted by Gasteiger charge is 2.36. The van der Waals surface area contributed by atoms with Gasteiger partial charge < -0.3 is 14.1 Å². The molecule has 0 aliphatic carbocycles. The molecule has 0 N–H and O–H groups in total. The average molecular weight is 442 g/mol. The Hall–Kier alpha value is -1.91. The number of piperazine rings is 1. The van der Waals surface area contributed by atoms with Crippen LogP contribution in [-0.2, 0) is 19.6 Å². The van der Waals surface area contributed by atoms with E-state index < -0.39 is 16.0 Å². The molecule has 1 aromatic heterocycles. The highest BCUT2D eigenvalue weighted by molar-refractivity contribution is 7.89. The van der Waals surface area contributed by atoms with Gasteiger partial charge in [0.05, 0.1) is 6.61 Å². The molecule has 3 heterocycles. The minimum absolute atomic E-state index is 0.123. The van der Waals surface area contributed by atoms with Crippen molar-refractivity contribution in [2.24, 2.45) is 5.92 Å². The fourth-order valence-electron chi connectivity index (χ4n) is 3.96. The van der Waals surface area contributed by atoms with Crippen molar-refractivity contribution in [3.05, 3.63) is 17.9 Å². The normalized spacial score (nSPS) is 19.9. The summed E-state index contributed by atoms with van der Waals surface area (Å²) in [5, 5.41) is -0.278. The molecular weight excluding hydrogens is 410 g/mol. The third kappa shape index (κ3) is 4.87. The number of hydrogen-bond acceptors (Lipinski definition) is 7. The standard InChI is InChI=1S/C20H31N3O6S/c1-4-28-20(25)17-5-6-18(29-17)30(26,27)23-9-7-16(8-10-23)19(24)22-13-11-21(12-14-22)15(2)3/h5-6,15-16H,4,7-14H2,1-3H3. The number of furan rings is 1. The van der Waals surface area contributed by atoms with E-state index in [9.17, 15) is 18.0 Å². The van der Waals surface area contributed by atoms with Crippen LogP contribution >= 0.6 is 0 Å². The van der Waals surface area contributed by atoms with Crippen molar-refractivity contribution in [3.63, 3.8) is 0 Å². The summed E-state index contributed by atoms with van der Waals surface area (Å²) in [5.41, 5.74) is 0. The van der Waals surface area contributed by atoms with Gasteiger partial charge in [0.1, 0.15) is 0 Å². The van der Waals surface area contributed by atoms with Gasteiger partial charge in [0.2, 0.25) is 16.8 Å². The van der Waals surface area contributed by atoms with Gasteiger partial charge in [-0.1, -0.05) is 0 Å². The predicted octanol–water partition coefficient (Wildman–Crippen LogP) is 1.41. The largest absolute Gasteiger partial charge is 0.460 e. The number of esters is 1. The van der Waals surface area contributed by atoms with E-state index in [1.807, 2.05) is 4.90 Å². The van der Waals surface area contributed by atoms with Crippen molar-refractivity contribution >= 4 is 21.9 Å². The summed E-state index contributed by atoms with van der Waals surface area (Å²) in [6.45, 7) is 9.84. The van der Waals surface area contributed by atoms with Crippen LogP contribution in [0.2, 0.25) is 0 Å². The van der Waals surface area contributed by atoms with Gasteiger partial charge in [0.25, 0.3) is 10.0 Å². The molecule has 1 amide bonds. The smallest absolute Gasteiger partial charge is 0.374 e. The van der Waals surface area contributed by atoms with E-state index in [4.69, 9.17) is 9.15 Å². The lowest BCUT2D eigenvalue weighted by molar-refractivity contribution is -0.138. The van der Waals surface area contributed by atoms with Crippen LogP contribution in [0.5, 0.6) is 0 Å². The number of ether oxygens (including phenoxy) is 1. The highest BCUT2D eigenvalue weighted by atomic mass is 32.2. The lowest BCUT2D eigenvalue weighted by Crippen LogP contribution is -2.53. The molecule has 0 aromatic carbocycles. The molecule has 0 spiro atoms. The lowest BCUT2D eigenvalue weighted by Gasteiger charge is -2.39. The van der Waals surface area contributed by atoms with E-state index >= 15 is 0 Å². The Morgan fingerprint density at radius 1 is 1.10 bits per heavy atom. The van der Waals surface area contributed by atoms with Gasteiger partial charge in [-0.25, -0.2) is 13.2 Å². The zero-order valence-electron chi connectivity index (χ0n) is 17.9. The average Bonchev–Trinajstić information content (AvgIpc) is 3.25. The second-order valence-electron chi connectivity index (χ2n) is 7.97. The van der Waals surface area contributed by atoms with Crippen LogP contribution in [0.3, 0.4) is 0 Å². The van der Waals surface area contributed by atoms with Crippen LogP contribution < -0.4 is 0 Å². The van der Waals surface area contributed by atoms with E-state index in [1.54, 1.807) is 6.92 Å². The molecule has 3 rings (SSSR count). The van der Waals surface area contributed by atoms with E-state index in [0.29, 0.717) is 18.9 Å². The summed E-state index contributed by atoms with van der Waals surface area (Å²) in [4.78, 5) is 28.8. The van der Waals surface area contributed by atoms with Crippen molar-refractivity contribution in [3.8, 4) is 0 Å². The van der Waals surface area contributed by atoms with Crippen molar-refractivity contribution in [2.45, 2.75) is 44.7 Å². The lowest BCUT2D eigenvalue weighted by atomic mass is 9.96. The van der Waals surface area contributed by atoms with Crippen LogP contribution in [0.1, 0.15) is 44.2 Å². The molecule has 2 aliphatic rings. The number of piperidine rings is 1. The van der Waals surface area contributed by atoms with Crippen LogP contribution in [0.15, 0.2) is 21.6 Å². The number of amides is 1. The minimum Gasteiger partial charge on any atom is -0.460 e. The minimum atomic E-state index is -3.85. The topological polar surface area (TPSA) is 100 Å². The fraction of sp³-hybridized carbons (Fsp3) is 0.700. The second kappa shape index (κ2) is 9.49. The van der Waals surface area contributed by atoms with Crippen molar-refractivity contribution in [1.82, 2.24) is 14.1 Å². The van der Waals surface area contributed by atoms with E-state index in [1.165, 1.54) is 16.4 Å². The number of carbonyl (C=O) groups excluding carboxylic acids is 2. The number of carbonyl (C=O) groups is 2. The van der Waals surface area contributed by atoms with Crippen LogP contribution in [0, 0.1) is 5.92 Å². The Morgan fingerprint density at radius 3 is 2.30 bits per heavy atom. The zero-order chi connectivity index (χ0) is 21.9.